The van der Waals surface area contributed by atoms with E-state index in [0.717, 1.165) is 32.7 Å². The predicted molar refractivity (Wildman–Crippen MR) is 88.1 cm³/mol. The fourth-order valence-electron chi connectivity index (χ4n) is 3.70. The molecule has 2 aliphatic heterocycles. The van der Waals surface area contributed by atoms with Gasteiger partial charge in [0.25, 0.3) is 0 Å². The van der Waals surface area contributed by atoms with Crippen molar-refractivity contribution in [3.63, 3.8) is 0 Å². The number of aliphatic hydroxyl groups is 1. The normalized spacial score (nSPS) is 32.7. The quantitative estimate of drug-likeness (QED) is 0.768. The molecule has 0 saturated carbocycles. The van der Waals surface area contributed by atoms with Crippen LogP contribution in [0.25, 0.3) is 0 Å². The average Bonchev–Trinajstić information content (AvgIpc) is 2.82. The fraction of sp³-hybridized carbons (Fsp3) is 1.00. The monoisotopic (exact) mass is 314 g/mol. The van der Waals surface area contributed by atoms with Gasteiger partial charge in [-0.05, 0) is 47.1 Å². The lowest BCUT2D eigenvalue weighted by Crippen LogP contribution is -2.51. The second-order valence-electron chi connectivity index (χ2n) is 7.30. The maximum absolute atomic E-state index is 10.2. The topological polar surface area (TPSA) is 45.2 Å². The first-order valence-corrected chi connectivity index (χ1v) is 8.85. The number of aliphatic hydroxyl groups excluding tert-OH is 1. The van der Waals surface area contributed by atoms with E-state index in [2.05, 4.69) is 23.6 Å². The smallest absolute Gasteiger partial charge is 0.0900 e. The summed E-state index contributed by atoms with van der Waals surface area (Å²) in [6.07, 6.45) is 2.91. The number of hydrogen-bond acceptors (Lipinski definition) is 5. The zero-order valence-corrected chi connectivity index (χ0v) is 14.7. The summed E-state index contributed by atoms with van der Waals surface area (Å²) in [7, 11) is 0. The Morgan fingerprint density at radius 3 is 2.55 bits per heavy atom. The maximum atomic E-state index is 10.2. The molecule has 5 heteroatoms. The largest absolute Gasteiger partial charge is 0.389 e. The first-order valence-electron chi connectivity index (χ1n) is 8.85. The van der Waals surface area contributed by atoms with Crippen molar-refractivity contribution in [1.29, 1.82) is 0 Å². The van der Waals surface area contributed by atoms with Gasteiger partial charge in [0.2, 0.25) is 0 Å². The van der Waals surface area contributed by atoms with Crippen LogP contribution in [-0.2, 0) is 9.47 Å². The van der Waals surface area contributed by atoms with Crippen LogP contribution >= 0.6 is 0 Å². The van der Waals surface area contributed by atoms with Gasteiger partial charge in [0, 0.05) is 32.2 Å². The number of likely N-dealkylation sites (tertiary alicyclic amines) is 1. The molecule has 4 unspecified atom stereocenters. The number of hydrogen-bond donors (Lipinski definition) is 1. The van der Waals surface area contributed by atoms with E-state index in [1.807, 2.05) is 13.8 Å². The molecule has 0 aromatic carbocycles. The van der Waals surface area contributed by atoms with E-state index in [1.54, 1.807) is 0 Å². The van der Waals surface area contributed by atoms with Gasteiger partial charge in [0.15, 0.2) is 0 Å². The van der Waals surface area contributed by atoms with Crippen molar-refractivity contribution in [2.45, 2.75) is 71.0 Å². The summed E-state index contributed by atoms with van der Waals surface area (Å²) in [5.74, 6) is 0. The maximum Gasteiger partial charge on any atom is 0.0900 e. The third-order valence-electron chi connectivity index (χ3n) is 4.53. The van der Waals surface area contributed by atoms with Gasteiger partial charge in [-0.25, -0.2) is 0 Å². The lowest BCUT2D eigenvalue weighted by atomic mass is 10.1. The van der Waals surface area contributed by atoms with E-state index in [9.17, 15) is 5.11 Å². The minimum Gasteiger partial charge on any atom is -0.389 e. The third-order valence-corrected chi connectivity index (χ3v) is 4.53. The number of nitrogens with zero attached hydrogens (tertiary/aromatic N) is 2. The number of rotatable bonds is 7. The Hall–Kier alpha value is -0.200. The zero-order valence-electron chi connectivity index (χ0n) is 14.7. The van der Waals surface area contributed by atoms with Crippen molar-refractivity contribution in [3.8, 4) is 0 Å². The first-order chi connectivity index (χ1) is 10.4. The Labute approximate surface area is 135 Å². The van der Waals surface area contributed by atoms with Crippen LogP contribution in [0.3, 0.4) is 0 Å². The highest BCUT2D eigenvalue weighted by atomic mass is 16.5. The molecule has 2 saturated heterocycles. The lowest BCUT2D eigenvalue weighted by Gasteiger charge is -2.38. The third kappa shape index (κ3) is 5.78. The molecule has 0 amide bonds. The van der Waals surface area contributed by atoms with Crippen molar-refractivity contribution in [2.75, 3.05) is 39.3 Å². The van der Waals surface area contributed by atoms with Crippen molar-refractivity contribution >= 4 is 0 Å². The number of morpholine rings is 1. The van der Waals surface area contributed by atoms with Gasteiger partial charge >= 0.3 is 0 Å². The minimum absolute atomic E-state index is 0.181. The van der Waals surface area contributed by atoms with Crippen LogP contribution in [-0.4, -0.2) is 84.7 Å². The Kier molecular flexibility index (Phi) is 7.09. The van der Waals surface area contributed by atoms with Gasteiger partial charge < -0.3 is 14.6 Å². The fourth-order valence-corrected chi connectivity index (χ4v) is 3.70. The summed E-state index contributed by atoms with van der Waals surface area (Å²) in [5, 5.41) is 10.2. The summed E-state index contributed by atoms with van der Waals surface area (Å²) in [5.41, 5.74) is 0. The standard InChI is InChI=1S/C17H34N2O3/c1-13(2)21-12-17(20)11-19-7-5-6-16(19)10-18-8-14(3)22-15(4)9-18/h13-17,20H,5-12H2,1-4H3. The molecule has 0 aromatic rings. The molecule has 0 aliphatic carbocycles. The molecule has 0 bridgehead atoms. The van der Waals surface area contributed by atoms with Gasteiger partial charge in [0.1, 0.15) is 0 Å². The SMILES string of the molecule is CC(C)OCC(O)CN1CCCC1CN1CC(C)OC(C)C1. The van der Waals surface area contributed by atoms with Crippen molar-refractivity contribution < 1.29 is 14.6 Å². The summed E-state index contributed by atoms with van der Waals surface area (Å²) in [4.78, 5) is 4.97. The van der Waals surface area contributed by atoms with Gasteiger partial charge in [-0.2, -0.15) is 0 Å². The van der Waals surface area contributed by atoms with Gasteiger partial charge in [-0.15, -0.1) is 0 Å². The van der Waals surface area contributed by atoms with Crippen LogP contribution in [0.2, 0.25) is 0 Å². The van der Waals surface area contributed by atoms with Gasteiger partial charge in [0.05, 0.1) is 31.0 Å². The zero-order chi connectivity index (χ0) is 16.1. The summed E-state index contributed by atoms with van der Waals surface area (Å²) < 4.78 is 11.3. The van der Waals surface area contributed by atoms with E-state index >= 15 is 0 Å². The first kappa shape index (κ1) is 18.1. The molecule has 5 nitrogen and oxygen atoms in total. The molecular weight excluding hydrogens is 280 g/mol. The molecule has 0 aromatic heterocycles. The molecule has 130 valence electrons. The van der Waals surface area contributed by atoms with Gasteiger partial charge in [-0.1, -0.05) is 0 Å². The van der Waals surface area contributed by atoms with E-state index in [-0.39, 0.29) is 12.2 Å². The Balaban J connectivity index is 1.77. The van der Waals surface area contributed by atoms with Crippen LogP contribution in [0.4, 0.5) is 0 Å². The van der Waals surface area contributed by atoms with Crippen LogP contribution in [0, 0.1) is 0 Å². The molecule has 22 heavy (non-hydrogen) atoms. The molecular formula is C17H34N2O3. The minimum atomic E-state index is -0.384. The average molecular weight is 314 g/mol. The van der Waals surface area contributed by atoms with Crippen LogP contribution in [0.1, 0.15) is 40.5 Å². The Morgan fingerprint density at radius 1 is 1.23 bits per heavy atom. The highest BCUT2D eigenvalue weighted by Gasteiger charge is 2.30. The molecule has 2 aliphatic rings. The molecule has 0 radical (unpaired) electrons. The number of β-amino-alcohol motifs (C(OH)–C–C–N with tert-alkyl or cyclic N) is 1. The van der Waals surface area contributed by atoms with E-state index in [4.69, 9.17) is 9.47 Å². The molecule has 2 heterocycles. The Bertz CT molecular complexity index is 317. The molecule has 4 atom stereocenters. The van der Waals surface area contributed by atoms with Crippen LogP contribution in [0.15, 0.2) is 0 Å². The van der Waals surface area contributed by atoms with E-state index in [1.165, 1.54) is 12.8 Å². The highest BCUT2D eigenvalue weighted by Crippen LogP contribution is 2.20. The van der Waals surface area contributed by atoms with Crippen LogP contribution < -0.4 is 0 Å². The molecule has 2 rings (SSSR count). The summed E-state index contributed by atoms with van der Waals surface area (Å²) >= 11 is 0. The molecule has 0 spiro atoms. The second-order valence-corrected chi connectivity index (χ2v) is 7.30. The second kappa shape index (κ2) is 8.60. The highest BCUT2D eigenvalue weighted by molar-refractivity contribution is 4.85. The number of ether oxygens (including phenoxy) is 2. The summed E-state index contributed by atoms with van der Waals surface area (Å²) in [6.45, 7) is 13.7. The van der Waals surface area contributed by atoms with Gasteiger partial charge in [-0.3, -0.25) is 9.80 Å². The van der Waals surface area contributed by atoms with Crippen molar-refractivity contribution in [3.05, 3.63) is 0 Å². The van der Waals surface area contributed by atoms with Crippen molar-refractivity contribution in [1.82, 2.24) is 9.80 Å². The molecule has 2 fully saturated rings. The van der Waals surface area contributed by atoms with E-state index < -0.39 is 0 Å². The molecule has 1 N–H and O–H groups in total. The van der Waals surface area contributed by atoms with E-state index in [0.29, 0.717) is 24.9 Å². The summed E-state index contributed by atoms with van der Waals surface area (Å²) in [6, 6.07) is 0.561. The Morgan fingerprint density at radius 2 is 1.91 bits per heavy atom. The predicted octanol–water partition coefficient (Wildman–Crippen LogP) is 1.35. The van der Waals surface area contributed by atoms with Crippen LogP contribution in [0.5, 0.6) is 0 Å². The van der Waals surface area contributed by atoms with Crippen molar-refractivity contribution in [2.24, 2.45) is 0 Å². The lowest BCUT2D eigenvalue weighted by molar-refractivity contribution is -0.0737.